The first-order valence-corrected chi connectivity index (χ1v) is 9.87. The molecule has 0 bridgehead atoms. The first kappa shape index (κ1) is 18.9. The van der Waals surface area contributed by atoms with Crippen LogP contribution in [-0.2, 0) is 13.1 Å². The van der Waals surface area contributed by atoms with Crippen molar-refractivity contribution in [3.05, 3.63) is 26.7 Å². The van der Waals surface area contributed by atoms with Crippen LogP contribution in [-0.4, -0.2) is 19.1 Å². The van der Waals surface area contributed by atoms with Crippen molar-refractivity contribution in [2.24, 2.45) is 10.8 Å². The van der Waals surface area contributed by atoms with E-state index in [1.165, 1.54) is 4.57 Å². The Kier molecular flexibility index (Phi) is 4.65. The minimum atomic E-state index is -0.244. The van der Waals surface area contributed by atoms with E-state index in [9.17, 15) is 9.59 Å². The van der Waals surface area contributed by atoms with Gasteiger partial charge in [0.05, 0.1) is 0 Å². The van der Waals surface area contributed by atoms with Crippen LogP contribution in [0.1, 0.15) is 79.0 Å². The normalized spacial score (nSPS) is 19.5. The van der Waals surface area contributed by atoms with Gasteiger partial charge in [0.1, 0.15) is 11.3 Å². The monoisotopic (exact) mass is 360 g/mol. The van der Waals surface area contributed by atoms with Crippen LogP contribution in [0, 0.1) is 10.8 Å². The molecule has 1 aliphatic rings. The summed E-state index contributed by atoms with van der Waals surface area (Å²) in [5.41, 5.74) is 0.717. The molecule has 0 spiro atoms. The Hall–Kier alpha value is -1.85. The highest BCUT2D eigenvalue weighted by Crippen LogP contribution is 2.58. The van der Waals surface area contributed by atoms with E-state index in [2.05, 4.69) is 32.7 Å². The van der Waals surface area contributed by atoms with Crippen LogP contribution >= 0.6 is 0 Å². The molecule has 0 unspecified atom stereocenters. The number of nitrogens with zero attached hydrogens (tertiary/aromatic N) is 3. The Morgan fingerprint density at radius 2 is 1.54 bits per heavy atom. The van der Waals surface area contributed by atoms with E-state index in [-0.39, 0.29) is 28.0 Å². The summed E-state index contributed by atoms with van der Waals surface area (Å²) in [6.07, 6.45) is 3.82. The lowest BCUT2D eigenvalue weighted by atomic mass is 9.72. The number of hydrogen-bond acceptors (Lipinski definition) is 3. The van der Waals surface area contributed by atoms with E-state index in [4.69, 9.17) is 4.98 Å². The number of aromatic amines is 1. The maximum Gasteiger partial charge on any atom is 0.332 e. The standard InChI is InChI=1S/C20H32N4O2/c1-7-11-23-16-13(17(25)24(12-8-2)18(23)26)21-15(22-16)14-19(3,4)9-10-20(14,5)6/h14H,7-12H2,1-6H3,(H,21,22). The minimum Gasteiger partial charge on any atom is -0.336 e. The van der Waals surface area contributed by atoms with Gasteiger partial charge in [0, 0.05) is 19.0 Å². The van der Waals surface area contributed by atoms with Crippen molar-refractivity contribution in [2.45, 2.75) is 86.2 Å². The zero-order valence-corrected chi connectivity index (χ0v) is 17.0. The Morgan fingerprint density at radius 3 is 2.08 bits per heavy atom. The third-order valence-corrected chi connectivity index (χ3v) is 6.02. The van der Waals surface area contributed by atoms with Crippen molar-refractivity contribution in [2.75, 3.05) is 0 Å². The van der Waals surface area contributed by atoms with Crippen LogP contribution in [0.25, 0.3) is 11.2 Å². The number of fused-ring (bicyclic) bond motifs is 1. The van der Waals surface area contributed by atoms with Gasteiger partial charge in [0.2, 0.25) is 0 Å². The average molecular weight is 361 g/mol. The van der Waals surface area contributed by atoms with Gasteiger partial charge in [-0.05, 0) is 36.5 Å². The molecule has 3 rings (SSSR count). The fraction of sp³-hybridized carbons (Fsp3) is 0.750. The van der Waals surface area contributed by atoms with Gasteiger partial charge >= 0.3 is 5.69 Å². The lowest BCUT2D eigenvalue weighted by Gasteiger charge is -2.33. The van der Waals surface area contributed by atoms with Crippen LogP contribution in [0.3, 0.4) is 0 Å². The molecule has 6 heteroatoms. The van der Waals surface area contributed by atoms with Gasteiger partial charge in [-0.2, -0.15) is 0 Å². The first-order chi connectivity index (χ1) is 12.1. The predicted octanol–water partition coefficient (Wildman–Crippen LogP) is 3.64. The van der Waals surface area contributed by atoms with Gasteiger partial charge < -0.3 is 4.98 Å². The number of rotatable bonds is 5. The molecule has 2 aromatic rings. The second kappa shape index (κ2) is 6.39. The molecular formula is C20H32N4O2. The highest BCUT2D eigenvalue weighted by molar-refractivity contribution is 5.70. The largest absolute Gasteiger partial charge is 0.336 e. The molecule has 0 saturated heterocycles. The summed E-state index contributed by atoms with van der Waals surface area (Å²) in [4.78, 5) is 33.9. The number of nitrogens with one attached hydrogen (secondary N) is 1. The van der Waals surface area contributed by atoms with Crippen LogP contribution < -0.4 is 11.2 Å². The molecule has 2 heterocycles. The second-order valence-corrected chi connectivity index (χ2v) is 9.12. The third kappa shape index (κ3) is 2.83. The predicted molar refractivity (Wildman–Crippen MR) is 105 cm³/mol. The van der Waals surface area contributed by atoms with Crippen LogP contribution in [0.4, 0.5) is 0 Å². The number of aryl methyl sites for hydroxylation is 1. The fourth-order valence-electron chi connectivity index (χ4n) is 4.90. The molecule has 0 amide bonds. The quantitative estimate of drug-likeness (QED) is 0.885. The molecule has 1 N–H and O–H groups in total. The van der Waals surface area contributed by atoms with Crippen LogP contribution in [0.15, 0.2) is 9.59 Å². The topological polar surface area (TPSA) is 72.7 Å². The summed E-state index contributed by atoms with van der Waals surface area (Å²) in [5.74, 6) is 1.08. The summed E-state index contributed by atoms with van der Waals surface area (Å²) in [6, 6.07) is 0. The number of hydrogen-bond donors (Lipinski definition) is 1. The van der Waals surface area contributed by atoms with Crippen molar-refractivity contribution < 1.29 is 0 Å². The van der Waals surface area contributed by atoms with Crippen molar-refractivity contribution in [1.82, 2.24) is 19.1 Å². The minimum absolute atomic E-state index is 0.107. The van der Waals surface area contributed by atoms with Crippen molar-refractivity contribution in [1.29, 1.82) is 0 Å². The summed E-state index contributed by atoms with van der Waals surface area (Å²) in [7, 11) is 0. The number of H-pyrrole nitrogens is 1. The molecule has 1 saturated carbocycles. The average Bonchev–Trinajstić information content (AvgIpc) is 3.06. The van der Waals surface area contributed by atoms with Gasteiger partial charge in [-0.1, -0.05) is 41.5 Å². The van der Waals surface area contributed by atoms with E-state index in [0.29, 0.717) is 24.3 Å². The Morgan fingerprint density at radius 1 is 1.00 bits per heavy atom. The van der Waals surface area contributed by atoms with Crippen LogP contribution in [0.5, 0.6) is 0 Å². The first-order valence-electron chi connectivity index (χ1n) is 9.87. The molecule has 0 aliphatic heterocycles. The molecule has 1 aliphatic carbocycles. The molecule has 6 nitrogen and oxygen atoms in total. The summed E-state index contributed by atoms with van der Waals surface area (Å²) >= 11 is 0. The third-order valence-electron chi connectivity index (χ3n) is 6.02. The SMILES string of the molecule is CCCn1c(=O)c2[nH]c(C3C(C)(C)CCC3(C)C)nc2n(CCC)c1=O. The van der Waals surface area contributed by atoms with E-state index in [0.717, 1.165) is 31.5 Å². The van der Waals surface area contributed by atoms with E-state index < -0.39 is 0 Å². The number of aromatic nitrogens is 4. The Labute approximate surface area is 154 Å². The van der Waals surface area contributed by atoms with Gasteiger partial charge in [-0.25, -0.2) is 9.78 Å². The molecule has 1 fully saturated rings. The molecule has 144 valence electrons. The van der Waals surface area contributed by atoms with Gasteiger partial charge in [-0.15, -0.1) is 0 Å². The second-order valence-electron chi connectivity index (χ2n) is 9.12. The van der Waals surface area contributed by atoms with E-state index in [1.807, 2.05) is 13.8 Å². The molecule has 26 heavy (non-hydrogen) atoms. The summed E-state index contributed by atoms with van der Waals surface area (Å²) in [6.45, 7) is 14.1. The van der Waals surface area contributed by atoms with Gasteiger partial charge in [-0.3, -0.25) is 13.9 Å². The Bertz CT molecular complexity index is 914. The molecular weight excluding hydrogens is 328 g/mol. The maximum absolute atomic E-state index is 12.9. The molecule has 0 atom stereocenters. The maximum atomic E-state index is 12.9. The van der Waals surface area contributed by atoms with E-state index >= 15 is 0 Å². The molecule has 0 radical (unpaired) electrons. The van der Waals surface area contributed by atoms with Crippen LogP contribution in [0.2, 0.25) is 0 Å². The Balaban J connectivity index is 2.29. The van der Waals surface area contributed by atoms with E-state index in [1.54, 1.807) is 4.57 Å². The smallest absolute Gasteiger partial charge is 0.332 e. The summed E-state index contributed by atoms with van der Waals surface area (Å²) in [5, 5.41) is 0. The lowest BCUT2D eigenvalue weighted by Crippen LogP contribution is -2.40. The van der Waals surface area contributed by atoms with Crippen molar-refractivity contribution in [3.8, 4) is 0 Å². The summed E-state index contributed by atoms with van der Waals surface area (Å²) < 4.78 is 3.02. The number of imidazole rings is 1. The molecule has 0 aromatic carbocycles. The van der Waals surface area contributed by atoms with Gasteiger partial charge in [0.25, 0.3) is 5.56 Å². The van der Waals surface area contributed by atoms with Crippen molar-refractivity contribution >= 4 is 11.2 Å². The zero-order chi connectivity index (χ0) is 19.3. The zero-order valence-electron chi connectivity index (χ0n) is 17.0. The van der Waals surface area contributed by atoms with Gasteiger partial charge in [0.15, 0.2) is 5.65 Å². The highest BCUT2D eigenvalue weighted by atomic mass is 16.2. The lowest BCUT2D eigenvalue weighted by molar-refractivity contribution is 0.230. The highest BCUT2D eigenvalue weighted by Gasteiger charge is 2.49. The molecule has 2 aromatic heterocycles. The fourth-order valence-corrected chi connectivity index (χ4v) is 4.90. The van der Waals surface area contributed by atoms with Crippen molar-refractivity contribution in [3.63, 3.8) is 0 Å².